The molecule has 0 saturated heterocycles. The second kappa shape index (κ2) is 10.6. The van der Waals surface area contributed by atoms with Gasteiger partial charge in [0.15, 0.2) is 0 Å². The normalized spacial score (nSPS) is 20.1. The highest BCUT2D eigenvalue weighted by atomic mass is 36.0. The van der Waals surface area contributed by atoms with Crippen LogP contribution in [0.5, 0.6) is 0 Å². The van der Waals surface area contributed by atoms with Crippen LogP contribution in [0.3, 0.4) is 0 Å². The van der Waals surface area contributed by atoms with Crippen LogP contribution >= 0.6 is 21.4 Å². The Labute approximate surface area is 153 Å². The first kappa shape index (κ1) is 23.6. The zero-order valence-corrected chi connectivity index (χ0v) is 15.5. The minimum atomic E-state index is -3.72. The number of halogens is 2. The minimum Gasteiger partial charge on any atom is -0.374 e. The van der Waals surface area contributed by atoms with E-state index in [1.807, 2.05) is 30.3 Å². The van der Waals surface area contributed by atoms with Crippen LogP contribution in [0.25, 0.3) is 0 Å². The highest BCUT2D eigenvalue weighted by Gasteiger charge is 2.30. The van der Waals surface area contributed by atoms with Crippen LogP contribution in [-0.4, -0.2) is 35.8 Å². The largest absolute Gasteiger partial charge is 0.374 e. The summed E-state index contributed by atoms with van der Waals surface area (Å²) in [5.74, 6) is 0.306. The molecule has 1 aromatic rings. The minimum absolute atomic E-state index is 0. The quantitative estimate of drug-likeness (QED) is 0.518. The Bertz CT molecular complexity index is 662. The lowest BCUT2D eigenvalue weighted by Gasteiger charge is -2.34. The molecule has 140 valence electrons. The molecule has 2 rings (SSSR count). The van der Waals surface area contributed by atoms with E-state index in [0.717, 1.165) is 24.7 Å². The molecule has 0 N–H and O–H groups in total. The summed E-state index contributed by atoms with van der Waals surface area (Å²) in [4.78, 5) is 0. The Hall–Kier alpha value is -0.380. The molecule has 0 aromatic heterocycles. The smallest absolute Gasteiger partial charge is 0.317 e. The predicted molar refractivity (Wildman–Crippen MR) is 95.9 cm³/mol. The van der Waals surface area contributed by atoms with E-state index in [1.54, 1.807) is 0 Å². The zero-order valence-electron chi connectivity index (χ0n) is 12.4. The summed E-state index contributed by atoms with van der Waals surface area (Å²) >= 11 is 0. The lowest BCUT2D eigenvalue weighted by atomic mass is 9.83. The maximum absolute atomic E-state index is 10.8. The molecule has 0 atom stereocenters. The molecule has 0 spiro atoms. The average molecular weight is 421 g/mol. The third kappa shape index (κ3) is 13.0. The number of benzene rings is 1. The van der Waals surface area contributed by atoms with Gasteiger partial charge in [0, 0.05) is 21.4 Å². The summed E-state index contributed by atoms with van der Waals surface area (Å²) < 4.78 is 50.4. The topological polar surface area (TPSA) is 86.7 Å². The van der Waals surface area contributed by atoms with Crippen molar-refractivity contribution < 1.29 is 25.8 Å². The van der Waals surface area contributed by atoms with Crippen LogP contribution in [0, 0.1) is 5.92 Å². The van der Waals surface area contributed by atoms with Gasteiger partial charge in [0.1, 0.15) is 0 Å². The third-order valence-electron chi connectivity index (χ3n) is 3.04. The van der Waals surface area contributed by atoms with Gasteiger partial charge in [-0.05, 0) is 24.3 Å². The summed E-state index contributed by atoms with van der Waals surface area (Å²) in [7, 11) is 1.50. The predicted octanol–water partition coefficient (Wildman–Crippen LogP) is 3.30. The fourth-order valence-corrected chi connectivity index (χ4v) is 2.39. The third-order valence-corrected chi connectivity index (χ3v) is 3.60. The van der Waals surface area contributed by atoms with Crippen LogP contribution in [0.2, 0.25) is 0 Å². The summed E-state index contributed by atoms with van der Waals surface area (Å²) in [6.45, 7) is 0.898. The van der Waals surface area contributed by atoms with Gasteiger partial charge in [-0.2, -0.15) is 16.8 Å². The number of hydrogen-bond donors (Lipinski definition) is 0. The fourth-order valence-electron chi connectivity index (χ4n) is 1.95. The first-order valence-electron chi connectivity index (χ1n) is 6.67. The lowest BCUT2D eigenvalue weighted by molar-refractivity contribution is -0.0499. The Kier molecular flexibility index (Phi) is 10.4. The molecule has 0 bridgehead atoms. The molecule has 0 aliphatic heterocycles. The number of hydrogen-bond acceptors (Lipinski definition) is 6. The Morgan fingerprint density at radius 1 is 1.08 bits per heavy atom. The maximum atomic E-state index is 10.8. The molecule has 1 aliphatic rings. The monoisotopic (exact) mass is 420 g/mol. The van der Waals surface area contributed by atoms with Crippen molar-refractivity contribution in [1.82, 2.24) is 0 Å². The Morgan fingerprint density at radius 2 is 1.58 bits per heavy atom. The molecule has 0 heterocycles. The van der Waals surface area contributed by atoms with E-state index in [0.29, 0.717) is 12.5 Å². The first-order chi connectivity index (χ1) is 10.5. The molecule has 1 fully saturated rings. The van der Waals surface area contributed by atoms with E-state index < -0.39 is 18.4 Å². The standard InChI is InChI=1S/C13H18O4S.CH4.Cl2O2S/c1-18(14,15)17-10-12-7-13(8-12)16-9-11-5-3-2-4-6-11;;1-5(2,3)4/h2-6,12-13H,7-10H2,1H3;1H4;. The fraction of sp³-hybridized carbons (Fsp3) is 0.571. The summed E-state index contributed by atoms with van der Waals surface area (Å²) in [5.41, 5.74) is 1.16. The van der Waals surface area contributed by atoms with Gasteiger partial charge in [-0.15, -0.1) is 0 Å². The summed E-state index contributed by atoms with van der Waals surface area (Å²) in [5, 5.41) is 0. The molecule has 0 unspecified atom stereocenters. The van der Waals surface area contributed by atoms with Crippen molar-refractivity contribution >= 4 is 39.7 Å². The van der Waals surface area contributed by atoms with E-state index in [9.17, 15) is 8.42 Å². The molecular weight excluding hydrogens is 399 g/mol. The lowest BCUT2D eigenvalue weighted by Crippen LogP contribution is -2.34. The second-order valence-electron chi connectivity index (χ2n) is 5.12. The molecule has 6 nitrogen and oxygen atoms in total. The van der Waals surface area contributed by atoms with Crippen molar-refractivity contribution in [2.24, 2.45) is 5.92 Å². The van der Waals surface area contributed by atoms with Gasteiger partial charge in [-0.1, -0.05) is 37.8 Å². The van der Waals surface area contributed by atoms with E-state index in [1.165, 1.54) is 0 Å². The first-order valence-corrected chi connectivity index (χ1v) is 11.6. The van der Waals surface area contributed by atoms with Crippen LogP contribution < -0.4 is 0 Å². The zero-order chi connectivity index (χ0) is 17.5. The highest BCUT2D eigenvalue weighted by molar-refractivity contribution is 8.31. The van der Waals surface area contributed by atoms with Gasteiger partial charge in [0.2, 0.25) is 0 Å². The van der Waals surface area contributed by atoms with Crippen LogP contribution in [0.4, 0.5) is 0 Å². The molecule has 24 heavy (non-hydrogen) atoms. The van der Waals surface area contributed by atoms with Gasteiger partial charge in [-0.25, -0.2) is 0 Å². The molecular formula is C14H22Cl2O6S2. The van der Waals surface area contributed by atoms with Crippen molar-refractivity contribution in [2.45, 2.75) is 33.0 Å². The van der Waals surface area contributed by atoms with Crippen molar-refractivity contribution in [2.75, 3.05) is 12.9 Å². The highest BCUT2D eigenvalue weighted by Crippen LogP contribution is 2.31. The van der Waals surface area contributed by atoms with Gasteiger partial charge in [0.25, 0.3) is 10.1 Å². The van der Waals surface area contributed by atoms with Crippen LogP contribution in [-0.2, 0) is 33.9 Å². The van der Waals surface area contributed by atoms with Crippen molar-refractivity contribution in [3.05, 3.63) is 35.9 Å². The average Bonchev–Trinajstić information content (AvgIpc) is 2.34. The number of ether oxygens (including phenoxy) is 1. The molecule has 10 heteroatoms. The molecule has 1 aromatic carbocycles. The van der Waals surface area contributed by atoms with E-state index in [4.69, 9.17) is 17.3 Å². The van der Waals surface area contributed by atoms with Gasteiger partial charge in [0.05, 0.1) is 25.6 Å². The van der Waals surface area contributed by atoms with Crippen molar-refractivity contribution in [3.63, 3.8) is 0 Å². The summed E-state index contributed by atoms with van der Waals surface area (Å²) in [6, 6.07) is 10.0. The van der Waals surface area contributed by atoms with Gasteiger partial charge < -0.3 is 4.74 Å². The molecule has 0 radical (unpaired) electrons. The second-order valence-corrected chi connectivity index (χ2v) is 10.4. The van der Waals surface area contributed by atoms with E-state index in [-0.39, 0.29) is 20.1 Å². The molecule has 1 saturated carbocycles. The maximum Gasteiger partial charge on any atom is 0.317 e. The Balaban J connectivity index is 0.000000777. The molecule has 0 amide bonds. The Morgan fingerprint density at radius 3 is 2.04 bits per heavy atom. The van der Waals surface area contributed by atoms with Crippen molar-refractivity contribution in [3.8, 4) is 0 Å². The summed E-state index contributed by atoms with van der Waals surface area (Å²) in [6.07, 6.45) is 3.07. The van der Waals surface area contributed by atoms with Gasteiger partial charge in [-0.3, -0.25) is 4.18 Å². The number of rotatable bonds is 6. The van der Waals surface area contributed by atoms with Crippen molar-refractivity contribution in [1.29, 1.82) is 0 Å². The van der Waals surface area contributed by atoms with E-state index in [2.05, 4.69) is 21.4 Å². The SMILES string of the molecule is C.CS(=O)(=O)OCC1CC(OCc2ccccc2)C1.O=S(=O)(Cl)Cl. The van der Waals surface area contributed by atoms with E-state index >= 15 is 0 Å². The van der Waals surface area contributed by atoms with Gasteiger partial charge >= 0.3 is 8.26 Å². The molecule has 1 aliphatic carbocycles. The van der Waals surface area contributed by atoms with Crippen LogP contribution in [0.15, 0.2) is 30.3 Å². The van der Waals surface area contributed by atoms with Crippen LogP contribution in [0.1, 0.15) is 25.8 Å².